The average Bonchev–Trinajstić information content (AvgIpc) is 2.48. The second-order valence-corrected chi connectivity index (χ2v) is 5.53. The molecule has 0 spiro atoms. The monoisotopic (exact) mass is 284 g/mol. The standard InChI is InChI=1S/C18H24N2O/c1-4-5-15-6-8-17(9-7-15)21-18-12-16(10-11-19-18)13-20-14(2)3/h6-12,14,20H,4-5,13H2,1-3H3. The van der Waals surface area contributed by atoms with Gasteiger partial charge in [-0.2, -0.15) is 0 Å². The lowest BCUT2D eigenvalue weighted by molar-refractivity contribution is 0.461. The second-order valence-electron chi connectivity index (χ2n) is 5.53. The van der Waals surface area contributed by atoms with E-state index in [9.17, 15) is 0 Å². The van der Waals surface area contributed by atoms with Gasteiger partial charge in [-0.3, -0.25) is 0 Å². The summed E-state index contributed by atoms with van der Waals surface area (Å²) in [5.41, 5.74) is 2.52. The fourth-order valence-corrected chi connectivity index (χ4v) is 2.07. The van der Waals surface area contributed by atoms with Gasteiger partial charge in [-0.1, -0.05) is 39.3 Å². The van der Waals surface area contributed by atoms with Crippen molar-refractivity contribution < 1.29 is 4.74 Å². The summed E-state index contributed by atoms with van der Waals surface area (Å²) in [5.74, 6) is 1.47. The molecule has 0 atom stereocenters. The number of ether oxygens (including phenoxy) is 1. The summed E-state index contributed by atoms with van der Waals surface area (Å²) in [5, 5.41) is 3.39. The number of hydrogen-bond acceptors (Lipinski definition) is 3. The van der Waals surface area contributed by atoms with Gasteiger partial charge in [0.05, 0.1) is 0 Å². The summed E-state index contributed by atoms with van der Waals surface area (Å²) < 4.78 is 5.82. The Bertz CT molecular complexity index is 549. The van der Waals surface area contributed by atoms with Gasteiger partial charge in [0, 0.05) is 24.8 Å². The number of rotatable bonds is 7. The van der Waals surface area contributed by atoms with Crippen molar-refractivity contribution in [3.05, 3.63) is 53.7 Å². The molecule has 3 nitrogen and oxygen atoms in total. The fourth-order valence-electron chi connectivity index (χ4n) is 2.07. The van der Waals surface area contributed by atoms with Crippen LogP contribution in [0.2, 0.25) is 0 Å². The molecule has 0 saturated heterocycles. The quantitative estimate of drug-likeness (QED) is 0.822. The molecule has 0 amide bonds. The van der Waals surface area contributed by atoms with E-state index in [2.05, 4.69) is 43.2 Å². The maximum Gasteiger partial charge on any atom is 0.219 e. The van der Waals surface area contributed by atoms with Gasteiger partial charge in [-0.25, -0.2) is 4.98 Å². The minimum Gasteiger partial charge on any atom is -0.439 e. The van der Waals surface area contributed by atoms with Crippen LogP contribution in [-0.4, -0.2) is 11.0 Å². The van der Waals surface area contributed by atoms with Crippen LogP contribution in [0.15, 0.2) is 42.6 Å². The molecule has 1 aromatic heterocycles. The van der Waals surface area contributed by atoms with E-state index in [1.54, 1.807) is 6.20 Å². The first-order valence-corrected chi connectivity index (χ1v) is 7.62. The number of aryl methyl sites for hydroxylation is 1. The molecular weight excluding hydrogens is 260 g/mol. The van der Waals surface area contributed by atoms with Crippen LogP contribution in [0.3, 0.4) is 0 Å². The van der Waals surface area contributed by atoms with E-state index in [4.69, 9.17) is 4.74 Å². The molecule has 0 aliphatic heterocycles. The van der Waals surface area contributed by atoms with Crippen molar-refractivity contribution in [2.24, 2.45) is 0 Å². The smallest absolute Gasteiger partial charge is 0.219 e. The number of hydrogen-bond donors (Lipinski definition) is 1. The topological polar surface area (TPSA) is 34.1 Å². The van der Waals surface area contributed by atoms with Crippen molar-refractivity contribution in [2.45, 2.75) is 46.2 Å². The molecule has 3 heteroatoms. The molecule has 1 aromatic carbocycles. The third-order valence-electron chi connectivity index (χ3n) is 3.20. The third kappa shape index (κ3) is 5.20. The molecular formula is C18H24N2O. The lowest BCUT2D eigenvalue weighted by Crippen LogP contribution is -2.21. The minimum atomic E-state index is 0.466. The van der Waals surface area contributed by atoms with Gasteiger partial charge >= 0.3 is 0 Å². The van der Waals surface area contributed by atoms with E-state index in [0.717, 1.165) is 25.1 Å². The van der Waals surface area contributed by atoms with Gasteiger partial charge in [-0.05, 0) is 35.7 Å². The van der Waals surface area contributed by atoms with Crippen molar-refractivity contribution in [1.82, 2.24) is 10.3 Å². The molecule has 0 bridgehead atoms. The Morgan fingerprint density at radius 3 is 2.52 bits per heavy atom. The summed E-state index contributed by atoms with van der Waals surface area (Å²) in [6.07, 6.45) is 4.06. The molecule has 0 aliphatic rings. The summed E-state index contributed by atoms with van der Waals surface area (Å²) >= 11 is 0. The lowest BCUT2D eigenvalue weighted by Gasteiger charge is -2.10. The SMILES string of the molecule is CCCc1ccc(Oc2cc(CNC(C)C)ccn2)cc1. The van der Waals surface area contributed by atoms with Crippen LogP contribution in [-0.2, 0) is 13.0 Å². The lowest BCUT2D eigenvalue weighted by atomic mass is 10.1. The zero-order chi connectivity index (χ0) is 15.1. The van der Waals surface area contributed by atoms with Crippen LogP contribution >= 0.6 is 0 Å². The number of nitrogens with zero attached hydrogens (tertiary/aromatic N) is 1. The highest BCUT2D eigenvalue weighted by Gasteiger charge is 2.02. The molecule has 21 heavy (non-hydrogen) atoms. The van der Waals surface area contributed by atoms with Gasteiger partial charge in [0.1, 0.15) is 5.75 Å². The van der Waals surface area contributed by atoms with Gasteiger partial charge < -0.3 is 10.1 Å². The third-order valence-corrected chi connectivity index (χ3v) is 3.20. The number of nitrogens with one attached hydrogen (secondary N) is 1. The Kier molecular flexibility index (Phi) is 5.76. The van der Waals surface area contributed by atoms with Crippen molar-refractivity contribution >= 4 is 0 Å². The Morgan fingerprint density at radius 2 is 1.86 bits per heavy atom. The molecule has 0 fully saturated rings. The molecule has 112 valence electrons. The van der Waals surface area contributed by atoms with Crippen LogP contribution in [0.25, 0.3) is 0 Å². The largest absolute Gasteiger partial charge is 0.439 e. The van der Waals surface area contributed by atoms with E-state index in [1.807, 2.05) is 24.3 Å². The second kappa shape index (κ2) is 7.79. The average molecular weight is 284 g/mol. The fraction of sp³-hybridized carbons (Fsp3) is 0.389. The highest BCUT2D eigenvalue weighted by atomic mass is 16.5. The normalized spacial score (nSPS) is 10.9. The molecule has 0 radical (unpaired) electrons. The summed E-state index contributed by atoms with van der Waals surface area (Å²) in [4.78, 5) is 4.27. The maximum absolute atomic E-state index is 5.82. The highest BCUT2D eigenvalue weighted by Crippen LogP contribution is 2.21. The predicted molar refractivity (Wildman–Crippen MR) is 86.7 cm³/mol. The van der Waals surface area contributed by atoms with E-state index < -0.39 is 0 Å². The highest BCUT2D eigenvalue weighted by molar-refractivity contribution is 5.31. The van der Waals surface area contributed by atoms with Crippen LogP contribution < -0.4 is 10.1 Å². The Labute approximate surface area is 127 Å². The summed E-state index contributed by atoms with van der Waals surface area (Å²) in [6, 6.07) is 12.7. The van der Waals surface area contributed by atoms with Crippen molar-refractivity contribution in [3.8, 4) is 11.6 Å². The van der Waals surface area contributed by atoms with E-state index in [-0.39, 0.29) is 0 Å². The van der Waals surface area contributed by atoms with E-state index in [0.29, 0.717) is 11.9 Å². The first kappa shape index (κ1) is 15.5. The Morgan fingerprint density at radius 1 is 1.10 bits per heavy atom. The maximum atomic E-state index is 5.82. The first-order chi connectivity index (χ1) is 10.2. The number of pyridine rings is 1. The van der Waals surface area contributed by atoms with Crippen LogP contribution in [0.4, 0.5) is 0 Å². The molecule has 1 heterocycles. The Balaban J connectivity index is 2.00. The van der Waals surface area contributed by atoms with Crippen LogP contribution in [0.1, 0.15) is 38.3 Å². The van der Waals surface area contributed by atoms with Gasteiger partial charge in [0.15, 0.2) is 0 Å². The van der Waals surface area contributed by atoms with Gasteiger partial charge in [0.25, 0.3) is 0 Å². The molecule has 0 saturated carbocycles. The number of benzene rings is 1. The summed E-state index contributed by atoms with van der Waals surface area (Å²) in [6.45, 7) is 7.28. The Hall–Kier alpha value is -1.87. The van der Waals surface area contributed by atoms with Crippen molar-refractivity contribution in [3.63, 3.8) is 0 Å². The van der Waals surface area contributed by atoms with Gasteiger partial charge in [0.2, 0.25) is 5.88 Å². The zero-order valence-corrected chi connectivity index (χ0v) is 13.1. The van der Waals surface area contributed by atoms with Crippen molar-refractivity contribution in [2.75, 3.05) is 0 Å². The van der Waals surface area contributed by atoms with Crippen molar-refractivity contribution in [1.29, 1.82) is 0 Å². The van der Waals surface area contributed by atoms with E-state index in [1.165, 1.54) is 11.1 Å². The summed E-state index contributed by atoms with van der Waals surface area (Å²) in [7, 11) is 0. The van der Waals surface area contributed by atoms with Crippen LogP contribution in [0, 0.1) is 0 Å². The molecule has 2 rings (SSSR count). The molecule has 1 N–H and O–H groups in total. The van der Waals surface area contributed by atoms with E-state index >= 15 is 0 Å². The molecule has 0 aliphatic carbocycles. The number of aromatic nitrogens is 1. The molecule has 2 aromatic rings. The minimum absolute atomic E-state index is 0.466. The zero-order valence-electron chi connectivity index (χ0n) is 13.1. The van der Waals surface area contributed by atoms with Gasteiger partial charge in [-0.15, -0.1) is 0 Å². The first-order valence-electron chi connectivity index (χ1n) is 7.62. The predicted octanol–water partition coefficient (Wildman–Crippen LogP) is 4.32. The van der Waals surface area contributed by atoms with Crippen LogP contribution in [0.5, 0.6) is 11.6 Å². The molecule has 0 unspecified atom stereocenters.